The molecule has 0 saturated carbocycles. The van der Waals surface area contributed by atoms with Gasteiger partial charge in [-0.1, -0.05) is 12.1 Å². The normalized spacial score (nSPS) is 16.8. The molecule has 0 bridgehead atoms. The van der Waals surface area contributed by atoms with Crippen LogP contribution in [0.3, 0.4) is 0 Å². The van der Waals surface area contributed by atoms with Crippen molar-refractivity contribution in [1.82, 2.24) is 20.0 Å². The number of halogens is 1. The van der Waals surface area contributed by atoms with Gasteiger partial charge in [0, 0.05) is 31.9 Å². The molecule has 158 valence electrons. The number of likely N-dealkylation sites (tertiary alicyclic amines) is 1. The largest absolute Gasteiger partial charge is 0.356 e. The molecule has 1 saturated heterocycles. The molecular formula is C22H25FN4O2S. The Balaban J connectivity index is 1.52. The second-order valence-electron chi connectivity index (χ2n) is 7.90. The third-order valence-corrected chi connectivity index (χ3v) is 6.65. The lowest BCUT2D eigenvalue weighted by atomic mass is 9.98. The molecule has 1 unspecified atom stereocenters. The van der Waals surface area contributed by atoms with Crippen molar-refractivity contribution in [3.8, 4) is 0 Å². The number of hydrogen-bond donors (Lipinski definition) is 1. The van der Waals surface area contributed by atoms with Crippen LogP contribution in [0.4, 0.5) is 4.39 Å². The minimum atomic E-state index is -0.261. The van der Waals surface area contributed by atoms with Gasteiger partial charge in [0.15, 0.2) is 0 Å². The molecule has 3 heterocycles. The van der Waals surface area contributed by atoms with Crippen molar-refractivity contribution in [2.75, 3.05) is 19.6 Å². The van der Waals surface area contributed by atoms with Crippen LogP contribution in [0, 0.1) is 18.7 Å². The maximum Gasteiger partial charge on any atom is 0.264 e. The molecule has 8 heteroatoms. The van der Waals surface area contributed by atoms with Gasteiger partial charge in [-0.15, -0.1) is 11.3 Å². The number of aromatic nitrogens is 2. The Kier molecular flexibility index (Phi) is 5.85. The molecule has 1 atom stereocenters. The van der Waals surface area contributed by atoms with Gasteiger partial charge in [-0.25, -0.2) is 4.39 Å². The molecule has 1 aliphatic rings. The summed E-state index contributed by atoms with van der Waals surface area (Å²) >= 11 is 1.45. The van der Waals surface area contributed by atoms with E-state index < -0.39 is 0 Å². The monoisotopic (exact) mass is 428 g/mol. The third-order valence-electron chi connectivity index (χ3n) is 5.51. The summed E-state index contributed by atoms with van der Waals surface area (Å²) < 4.78 is 15.1. The lowest BCUT2D eigenvalue weighted by Gasteiger charge is -2.32. The first-order valence-corrected chi connectivity index (χ1v) is 11.0. The molecule has 6 nitrogen and oxygen atoms in total. The standard InChI is InChI=1S/C22H25FN4O2S/c1-14-19-10-20(21(29)26-9-3-4-17(12-26)11-24-15(2)28)30-22(19)27(25-14)13-16-5-7-18(23)8-6-16/h5-8,10,17H,3-4,9,11-13H2,1-2H3,(H,24,28). The number of carbonyl (C=O) groups excluding carboxylic acids is 2. The van der Waals surface area contributed by atoms with Crippen LogP contribution in [0.15, 0.2) is 30.3 Å². The van der Waals surface area contributed by atoms with Crippen molar-refractivity contribution in [3.05, 3.63) is 52.3 Å². The SMILES string of the molecule is CC(=O)NCC1CCCN(C(=O)c2cc3c(C)nn(Cc4ccc(F)cc4)c3s2)C1. The van der Waals surface area contributed by atoms with Crippen molar-refractivity contribution in [3.63, 3.8) is 0 Å². The predicted octanol–water partition coefficient (Wildman–Crippen LogP) is 3.58. The molecule has 1 N–H and O–H groups in total. The van der Waals surface area contributed by atoms with Gasteiger partial charge in [0.25, 0.3) is 5.91 Å². The van der Waals surface area contributed by atoms with Gasteiger partial charge < -0.3 is 10.2 Å². The molecular weight excluding hydrogens is 403 g/mol. The van der Waals surface area contributed by atoms with Crippen molar-refractivity contribution < 1.29 is 14.0 Å². The third kappa shape index (κ3) is 4.38. The van der Waals surface area contributed by atoms with Gasteiger partial charge in [-0.3, -0.25) is 14.3 Å². The van der Waals surface area contributed by atoms with E-state index in [4.69, 9.17) is 0 Å². The number of rotatable bonds is 5. The Morgan fingerprint density at radius 2 is 2.07 bits per heavy atom. The maximum absolute atomic E-state index is 13.2. The number of benzene rings is 1. The van der Waals surface area contributed by atoms with Crippen LogP contribution in [0.1, 0.15) is 40.7 Å². The van der Waals surface area contributed by atoms with E-state index in [-0.39, 0.29) is 23.5 Å². The van der Waals surface area contributed by atoms with Gasteiger partial charge in [0.05, 0.1) is 17.1 Å². The average molecular weight is 429 g/mol. The van der Waals surface area contributed by atoms with Gasteiger partial charge in [-0.05, 0) is 49.4 Å². The highest BCUT2D eigenvalue weighted by molar-refractivity contribution is 7.20. The Morgan fingerprint density at radius 3 is 2.80 bits per heavy atom. The fourth-order valence-electron chi connectivity index (χ4n) is 3.95. The first-order chi connectivity index (χ1) is 14.4. The molecule has 2 amide bonds. The van der Waals surface area contributed by atoms with Crippen LogP contribution in [-0.4, -0.2) is 46.1 Å². The Hall–Kier alpha value is -2.74. The van der Waals surface area contributed by atoms with E-state index in [0.717, 1.165) is 40.9 Å². The number of nitrogens with one attached hydrogen (secondary N) is 1. The molecule has 0 radical (unpaired) electrons. The molecule has 3 aromatic rings. The predicted molar refractivity (Wildman–Crippen MR) is 115 cm³/mol. The number of aryl methyl sites for hydroxylation is 1. The van der Waals surface area contributed by atoms with E-state index in [9.17, 15) is 14.0 Å². The number of thiophene rings is 1. The first-order valence-electron chi connectivity index (χ1n) is 10.2. The Labute approximate surface area is 178 Å². The van der Waals surface area contributed by atoms with Crippen molar-refractivity contribution >= 4 is 33.4 Å². The fourth-order valence-corrected chi connectivity index (χ4v) is 5.08. The molecule has 4 rings (SSSR count). The van der Waals surface area contributed by atoms with E-state index in [0.29, 0.717) is 24.5 Å². The van der Waals surface area contributed by atoms with E-state index >= 15 is 0 Å². The van der Waals surface area contributed by atoms with Crippen LogP contribution in [0.5, 0.6) is 0 Å². The molecule has 30 heavy (non-hydrogen) atoms. The van der Waals surface area contributed by atoms with Crippen LogP contribution >= 0.6 is 11.3 Å². The summed E-state index contributed by atoms with van der Waals surface area (Å²) in [5.74, 6) is 0.0279. The van der Waals surface area contributed by atoms with E-state index in [1.165, 1.54) is 30.4 Å². The smallest absolute Gasteiger partial charge is 0.264 e. The molecule has 0 spiro atoms. The van der Waals surface area contributed by atoms with Gasteiger partial charge >= 0.3 is 0 Å². The summed E-state index contributed by atoms with van der Waals surface area (Å²) in [5, 5.41) is 8.45. The zero-order valence-electron chi connectivity index (χ0n) is 17.2. The number of fused-ring (bicyclic) bond motifs is 1. The van der Waals surface area contributed by atoms with E-state index in [1.54, 1.807) is 12.1 Å². The van der Waals surface area contributed by atoms with Crippen molar-refractivity contribution in [2.45, 2.75) is 33.2 Å². The summed E-state index contributed by atoms with van der Waals surface area (Å²) in [6.45, 7) is 5.99. The van der Waals surface area contributed by atoms with E-state index in [1.807, 2.05) is 22.6 Å². The van der Waals surface area contributed by atoms with Gasteiger partial charge in [-0.2, -0.15) is 5.10 Å². The lowest BCUT2D eigenvalue weighted by molar-refractivity contribution is -0.119. The summed E-state index contributed by atoms with van der Waals surface area (Å²) in [7, 11) is 0. The molecule has 1 aromatic carbocycles. The highest BCUT2D eigenvalue weighted by atomic mass is 32.1. The quantitative estimate of drug-likeness (QED) is 0.675. The second-order valence-corrected chi connectivity index (χ2v) is 8.93. The summed E-state index contributed by atoms with van der Waals surface area (Å²) in [5.41, 5.74) is 1.84. The molecule has 1 fully saturated rings. The number of carbonyl (C=O) groups is 2. The van der Waals surface area contributed by atoms with Gasteiger partial charge in [0.1, 0.15) is 10.6 Å². The zero-order valence-corrected chi connectivity index (χ0v) is 18.0. The number of nitrogens with zero attached hydrogens (tertiary/aromatic N) is 3. The lowest BCUT2D eigenvalue weighted by Crippen LogP contribution is -2.43. The summed E-state index contributed by atoms with van der Waals surface area (Å²) in [6, 6.07) is 8.32. The minimum absolute atomic E-state index is 0.0378. The number of piperidine rings is 1. The zero-order chi connectivity index (χ0) is 21.3. The highest BCUT2D eigenvalue weighted by Crippen LogP contribution is 2.30. The first kappa shape index (κ1) is 20.5. The van der Waals surface area contributed by atoms with Crippen LogP contribution in [-0.2, 0) is 11.3 Å². The van der Waals surface area contributed by atoms with E-state index in [2.05, 4.69) is 10.4 Å². The van der Waals surface area contributed by atoms with Crippen molar-refractivity contribution in [1.29, 1.82) is 0 Å². The number of amides is 2. The van der Waals surface area contributed by atoms with Crippen molar-refractivity contribution in [2.24, 2.45) is 5.92 Å². The summed E-state index contributed by atoms with van der Waals surface area (Å²) in [6.07, 6.45) is 1.96. The molecule has 2 aromatic heterocycles. The van der Waals surface area contributed by atoms with Gasteiger partial charge in [0.2, 0.25) is 5.91 Å². The second kappa shape index (κ2) is 8.55. The molecule has 1 aliphatic heterocycles. The van der Waals surface area contributed by atoms with Crippen LogP contribution in [0.25, 0.3) is 10.2 Å². The highest BCUT2D eigenvalue weighted by Gasteiger charge is 2.26. The summed E-state index contributed by atoms with van der Waals surface area (Å²) in [4.78, 5) is 27.9. The topological polar surface area (TPSA) is 67.2 Å². The van der Waals surface area contributed by atoms with Crippen LogP contribution in [0.2, 0.25) is 0 Å². The minimum Gasteiger partial charge on any atom is -0.356 e. The van der Waals surface area contributed by atoms with Crippen LogP contribution < -0.4 is 5.32 Å². The maximum atomic E-state index is 13.2. The number of hydrogen-bond acceptors (Lipinski definition) is 4. The Bertz CT molecular complexity index is 1070. The fraction of sp³-hybridized carbons (Fsp3) is 0.409. The Morgan fingerprint density at radius 1 is 1.30 bits per heavy atom. The molecule has 0 aliphatic carbocycles. The average Bonchev–Trinajstić information content (AvgIpc) is 3.29.